The average Bonchev–Trinajstić information content (AvgIpc) is 3.46. The highest BCUT2D eigenvalue weighted by atomic mass is 35.5. The van der Waals surface area contributed by atoms with Crippen molar-refractivity contribution in [1.82, 2.24) is 24.4 Å². The van der Waals surface area contributed by atoms with Crippen LogP contribution >= 0.6 is 23.4 Å². The molecule has 0 radical (unpaired) electrons. The zero-order chi connectivity index (χ0) is 35.1. The molecule has 0 aliphatic rings. The fraction of sp³-hybridized carbons (Fsp3) is 0.290. The summed E-state index contributed by atoms with van der Waals surface area (Å²) in [6.07, 6.45) is -4.62. The number of alkyl halides is 3. The largest absolute Gasteiger partial charge is 0.494 e. The van der Waals surface area contributed by atoms with Crippen LogP contribution in [0.15, 0.2) is 76.8 Å². The first-order chi connectivity index (χ1) is 22.8. The Balaban J connectivity index is 1.52. The van der Waals surface area contributed by atoms with Crippen LogP contribution < -0.4 is 15.4 Å². The van der Waals surface area contributed by atoms with Crippen molar-refractivity contribution in [3.63, 3.8) is 0 Å². The van der Waals surface area contributed by atoms with Crippen molar-refractivity contribution in [3.05, 3.63) is 88.7 Å². The maximum Gasteiger partial charge on any atom is 0.416 e. The Morgan fingerprint density at radius 3 is 2.25 bits per heavy atom. The van der Waals surface area contributed by atoms with Crippen molar-refractivity contribution in [3.8, 4) is 11.4 Å². The van der Waals surface area contributed by atoms with Gasteiger partial charge >= 0.3 is 6.18 Å². The maximum absolute atomic E-state index is 13.2. The molecule has 0 aliphatic carbocycles. The van der Waals surface area contributed by atoms with Gasteiger partial charge in [0, 0.05) is 24.3 Å². The highest BCUT2D eigenvalue weighted by molar-refractivity contribution is 7.99. The third-order valence-corrected chi connectivity index (χ3v) is 10.2. The molecule has 48 heavy (non-hydrogen) atoms. The number of anilines is 1. The highest BCUT2D eigenvalue weighted by Gasteiger charge is 2.31. The van der Waals surface area contributed by atoms with Gasteiger partial charge in [-0.2, -0.15) is 17.5 Å². The number of aromatic nitrogens is 3. The molecule has 2 amide bonds. The average molecular weight is 725 g/mol. The van der Waals surface area contributed by atoms with Crippen LogP contribution in [0.3, 0.4) is 0 Å². The second-order valence-electron chi connectivity index (χ2n) is 9.99. The number of halogens is 4. The van der Waals surface area contributed by atoms with E-state index >= 15 is 0 Å². The molecule has 1 aromatic heterocycles. The lowest BCUT2D eigenvalue weighted by Crippen LogP contribution is -2.30. The van der Waals surface area contributed by atoms with Crippen LogP contribution in [0.4, 0.5) is 18.9 Å². The highest BCUT2D eigenvalue weighted by Crippen LogP contribution is 2.34. The molecule has 11 nitrogen and oxygen atoms in total. The Bertz CT molecular complexity index is 1850. The molecular weight excluding hydrogens is 693 g/mol. The second kappa shape index (κ2) is 15.9. The standard InChI is InChI=1S/C31H32ClF3N6O5S2/c1-4-40(5-2)48(44,45)24-14-7-20(8-15-24)29(43)36-18-27-38-39-30(41(27)22-10-12-23(13-11-22)46-6-3)47-19-28(42)37-26-17-21(31(33,34)35)9-16-25(26)32/h7-17H,4-6,18-19H2,1-3H3,(H,36,43)(H,37,42). The molecule has 4 rings (SSSR count). The van der Waals surface area contributed by atoms with Gasteiger partial charge in [-0.1, -0.05) is 37.2 Å². The smallest absolute Gasteiger partial charge is 0.416 e. The zero-order valence-corrected chi connectivity index (χ0v) is 28.4. The van der Waals surface area contributed by atoms with E-state index < -0.39 is 33.6 Å². The molecule has 0 spiro atoms. The second-order valence-corrected chi connectivity index (χ2v) is 13.3. The monoisotopic (exact) mass is 724 g/mol. The van der Waals surface area contributed by atoms with Gasteiger partial charge < -0.3 is 15.4 Å². The molecule has 0 bridgehead atoms. The summed E-state index contributed by atoms with van der Waals surface area (Å²) in [6.45, 7) is 6.31. The summed E-state index contributed by atoms with van der Waals surface area (Å²) in [5.41, 5.74) is -0.341. The fourth-order valence-corrected chi connectivity index (χ4v) is 6.89. The number of carbonyl (C=O) groups is 2. The summed E-state index contributed by atoms with van der Waals surface area (Å²) in [6, 6.07) is 15.1. The lowest BCUT2D eigenvalue weighted by molar-refractivity contribution is -0.137. The molecule has 0 saturated carbocycles. The Morgan fingerprint density at radius 1 is 0.979 bits per heavy atom. The van der Waals surface area contributed by atoms with Crippen molar-refractivity contribution < 1.29 is 35.9 Å². The Kier molecular flexibility index (Phi) is 12.1. The number of hydrogen-bond donors (Lipinski definition) is 2. The van der Waals surface area contributed by atoms with E-state index in [1.165, 1.54) is 28.6 Å². The molecule has 3 aromatic carbocycles. The van der Waals surface area contributed by atoms with Gasteiger partial charge in [-0.3, -0.25) is 14.2 Å². The van der Waals surface area contributed by atoms with Crippen LogP contribution in [0.25, 0.3) is 5.69 Å². The number of thioether (sulfide) groups is 1. The first kappa shape index (κ1) is 36.7. The normalized spacial score (nSPS) is 11.8. The van der Waals surface area contributed by atoms with Crippen LogP contribution in [0, 0.1) is 0 Å². The summed E-state index contributed by atoms with van der Waals surface area (Å²) in [7, 11) is -3.69. The lowest BCUT2D eigenvalue weighted by Gasteiger charge is -2.18. The van der Waals surface area contributed by atoms with Crippen molar-refractivity contribution in [2.75, 3.05) is 30.8 Å². The predicted molar refractivity (Wildman–Crippen MR) is 176 cm³/mol. The molecule has 0 saturated heterocycles. The van der Waals surface area contributed by atoms with E-state index in [1.807, 2.05) is 6.92 Å². The van der Waals surface area contributed by atoms with E-state index in [0.717, 1.165) is 30.0 Å². The molecule has 256 valence electrons. The van der Waals surface area contributed by atoms with Crippen molar-refractivity contribution in [2.24, 2.45) is 0 Å². The number of rotatable bonds is 14. The van der Waals surface area contributed by atoms with Crippen LogP contribution in [-0.4, -0.2) is 64.8 Å². The molecule has 0 atom stereocenters. The SMILES string of the molecule is CCOc1ccc(-n2c(CNC(=O)c3ccc(S(=O)(=O)N(CC)CC)cc3)nnc2SCC(=O)Nc2cc(C(F)(F)F)ccc2Cl)cc1. The maximum atomic E-state index is 13.2. The number of nitrogens with one attached hydrogen (secondary N) is 2. The van der Waals surface area contributed by atoms with Crippen molar-refractivity contribution >= 4 is 50.9 Å². The Morgan fingerprint density at radius 2 is 1.65 bits per heavy atom. The summed E-state index contributed by atoms with van der Waals surface area (Å²) < 4.78 is 73.5. The molecule has 0 fully saturated rings. The van der Waals surface area contributed by atoms with Crippen molar-refractivity contribution in [2.45, 2.75) is 43.5 Å². The molecule has 2 N–H and O–H groups in total. The zero-order valence-electron chi connectivity index (χ0n) is 26.0. The third kappa shape index (κ3) is 8.86. The van der Waals surface area contributed by atoms with Gasteiger partial charge in [-0.15, -0.1) is 10.2 Å². The number of ether oxygens (including phenoxy) is 1. The van der Waals surface area contributed by atoms with Crippen LogP contribution in [-0.2, 0) is 27.5 Å². The number of sulfonamides is 1. The lowest BCUT2D eigenvalue weighted by atomic mass is 10.2. The summed E-state index contributed by atoms with van der Waals surface area (Å²) in [5.74, 6) is -0.464. The van der Waals surface area contributed by atoms with E-state index in [1.54, 1.807) is 42.7 Å². The number of benzene rings is 3. The third-order valence-electron chi connectivity index (χ3n) is 6.87. The minimum atomic E-state index is -4.62. The van der Waals surface area contributed by atoms with E-state index in [0.29, 0.717) is 37.0 Å². The number of amides is 2. The van der Waals surface area contributed by atoms with Crippen LogP contribution in [0.2, 0.25) is 5.02 Å². The predicted octanol–water partition coefficient (Wildman–Crippen LogP) is 6.03. The van der Waals surface area contributed by atoms with E-state index in [2.05, 4.69) is 20.8 Å². The Hall–Kier alpha value is -4.12. The number of hydrogen-bond acceptors (Lipinski definition) is 8. The molecule has 0 aliphatic heterocycles. The van der Waals surface area contributed by atoms with Gasteiger partial charge in [-0.25, -0.2) is 8.42 Å². The molecule has 1 heterocycles. The van der Waals surface area contributed by atoms with E-state index in [-0.39, 0.29) is 38.6 Å². The molecule has 0 unspecified atom stereocenters. The Labute approximate surface area is 284 Å². The topological polar surface area (TPSA) is 136 Å². The van der Waals surface area contributed by atoms with Gasteiger partial charge in [0.05, 0.1) is 40.1 Å². The van der Waals surface area contributed by atoms with E-state index in [9.17, 15) is 31.2 Å². The van der Waals surface area contributed by atoms with E-state index in [4.69, 9.17) is 16.3 Å². The number of carbonyl (C=O) groups excluding carboxylic acids is 2. The number of nitrogens with zero attached hydrogens (tertiary/aromatic N) is 4. The minimum absolute atomic E-state index is 0.0583. The quantitative estimate of drug-likeness (QED) is 0.151. The van der Waals surface area contributed by atoms with Crippen molar-refractivity contribution in [1.29, 1.82) is 0 Å². The van der Waals surface area contributed by atoms with Gasteiger partial charge in [0.2, 0.25) is 15.9 Å². The molecular formula is C31H32ClF3N6O5S2. The first-order valence-electron chi connectivity index (χ1n) is 14.6. The van der Waals surface area contributed by atoms with Gasteiger partial charge in [0.25, 0.3) is 5.91 Å². The minimum Gasteiger partial charge on any atom is -0.494 e. The van der Waals surface area contributed by atoms with Crippen LogP contribution in [0.5, 0.6) is 5.75 Å². The van der Waals surface area contributed by atoms with Gasteiger partial charge in [-0.05, 0) is 73.7 Å². The van der Waals surface area contributed by atoms with Crippen LogP contribution in [0.1, 0.15) is 42.5 Å². The van der Waals surface area contributed by atoms with Gasteiger partial charge in [0.15, 0.2) is 11.0 Å². The summed E-state index contributed by atoms with van der Waals surface area (Å²) >= 11 is 6.99. The molecule has 4 aromatic rings. The summed E-state index contributed by atoms with van der Waals surface area (Å²) in [5, 5.41) is 13.7. The first-order valence-corrected chi connectivity index (χ1v) is 17.4. The molecule has 17 heteroatoms. The van der Waals surface area contributed by atoms with Gasteiger partial charge in [0.1, 0.15) is 5.75 Å². The fourth-order valence-electron chi connectivity index (χ4n) is 4.49. The summed E-state index contributed by atoms with van der Waals surface area (Å²) in [4.78, 5) is 25.8.